The van der Waals surface area contributed by atoms with Crippen LogP contribution in [0.15, 0.2) is 49.3 Å². The molecule has 46 heteroatoms. The van der Waals surface area contributed by atoms with E-state index >= 15 is 0 Å². The number of carbonyl (C=O) groups excluding carboxylic acids is 1. The van der Waals surface area contributed by atoms with Crippen LogP contribution in [0.4, 0.5) is 48.9 Å². The zero-order valence-electron chi connectivity index (χ0n) is 63.4. The second-order valence-electron chi connectivity index (χ2n) is 29.8. The molecule has 0 saturated carbocycles. The highest BCUT2D eigenvalue weighted by Gasteiger charge is 2.46. The van der Waals surface area contributed by atoms with Crippen molar-refractivity contribution in [3.05, 3.63) is 94.5 Å². The summed E-state index contributed by atoms with van der Waals surface area (Å²) in [6.45, 7) is 29.2. The first kappa shape index (κ1) is 91.1. The van der Waals surface area contributed by atoms with E-state index in [1.807, 2.05) is 23.2 Å². The SMILES string of the molecule is CC[C@H]1O[C@@H](n2cc(I)c3c(Cl)nc(N)nc32)CC1C.CC[C@H]1O[C@@H](n2cc(I)c3c(Cl)nc(N[Si](C)(C)C(C)(C)C)nc32)CC1O[Si](C)(C)C(C)(C)C.Nc1nc(Cl)c2c(I)c[nH]c2n1.Nc1nc(Cl)c2c(I)cn([C@H]3CC(O)[C@@H](CO)O3)c2n1.Nc1nc(Cl)c2cc[nH]c2n1.O=C(Nc1nc(Cl)c2cc[nH]c2n1)C(F)(F)F. The third kappa shape index (κ3) is 20.8. The van der Waals surface area contributed by atoms with E-state index in [0.717, 1.165) is 72.8 Å². The van der Waals surface area contributed by atoms with Crippen LogP contribution in [-0.2, 0) is 23.4 Å². The number of nitrogens with zero attached hydrogens (tertiary/aromatic N) is 15. The quantitative estimate of drug-likeness (QED) is 0.0325. The number of nitrogens with two attached hydrogens (primary N) is 4. The van der Waals surface area contributed by atoms with Gasteiger partial charge in [0.2, 0.25) is 35.7 Å². The number of aromatic nitrogens is 18. The number of nitrogens with one attached hydrogen (secondary N) is 5. The second-order valence-corrected chi connectivity index (χ2v) is 46.3. The van der Waals surface area contributed by atoms with Gasteiger partial charge in [0.15, 0.2) is 16.6 Å². The molecule has 0 spiro atoms. The second kappa shape index (κ2) is 36.8. The van der Waals surface area contributed by atoms with Crippen molar-refractivity contribution in [2.45, 2.75) is 186 Å². The lowest BCUT2D eigenvalue weighted by Gasteiger charge is -2.39. The number of hydrogen-bond donors (Lipinski definition) is 11. The highest BCUT2D eigenvalue weighted by molar-refractivity contribution is 14.1. The summed E-state index contributed by atoms with van der Waals surface area (Å²) in [6, 6.07) is 3.37. The highest BCUT2D eigenvalue weighted by atomic mass is 127. The maximum absolute atomic E-state index is 12.0. The zero-order chi connectivity index (χ0) is 83.9. The molecular formula is C68H83Cl6F3I4N24O7Si2. The fourth-order valence-corrected chi connectivity index (χ4v) is 19.6. The number of amides is 1. The molecule has 12 aromatic rings. The van der Waals surface area contributed by atoms with Crippen molar-refractivity contribution >= 4 is 284 Å². The van der Waals surface area contributed by atoms with Crippen molar-refractivity contribution in [2.75, 3.05) is 39.8 Å². The number of hydrogen-bond acceptors (Lipinski definition) is 24. The molecule has 3 aliphatic rings. The Morgan fingerprint density at radius 2 is 0.982 bits per heavy atom. The standard InChI is InChI=1S/C24H42ClIN4O2Si2.C13H16ClIN4O.C11H12ClIN4O3.C8H4ClF3N4O.C6H4ClIN4.C6H5ClN4/c1-12-16-17(32-34(10,11)24(5,6)7)13-18(31-16)30-14-15(26)19-20(25)27-22(28-21(19)30)29-33(8,9)23(2,3)4;1-3-8-6(2)4-9(20-8)19-5-7(15)10-11(14)17-13(16)18-12(10)19;12-9-8-4(13)2-17(10(8)16-11(14)15-9)7-1-5(19)6(3-18)20-7;9-4-3-1-2-13-5(3)15-7(14-4)16-6(17)8(10,11)12;7-4-3-2(8)1-10-5(3)12-6(9)11-4;7-4-3-1-2-9-5(3)11-6(8)10-4/h14,16-18H,12-13H2,1-11H3,(H,27,28,29);5-6,8-9H,3-4H2,1-2H3,(H2,16,17,18);2,5-7,18-19H,1,3H2,(H2,14,15,16);1-2H,(H2,13,14,15,16,17);1H,(H3,9,10,11,12);1-2H,(H3,8,9,10,11)/t16-,17?,18-;6?,8-,9-;5?,6-,7-;;;/m111.../s1. The summed E-state index contributed by atoms with van der Waals surface area (Å²) in [5.74, 6) is -0.886. The average Bonchev–Trinajstić information content (AvgIpc) is 1.60. The Hall–Kier alpha value is -5.17. The van der Waals surface area contributed by atoms with Gasteiger partial charge in [0, 0.05) is 64.3 Å². The summed E-state index contributed by atoms with van der Waals surface area (Å²) in [5.41, 5.74) is 25.8. The van der Waals surface area contributed by atoms with Crippen LogP contribution >= 0.6 is 160 Å². The van der Waals surface area contributed by atoms with Gasteiger partial charge in [0.25, 0.3) is 0 Å². The highest BCUT2D eigenvalue weighted by Crippen LogP contribution is 2.45. The molecule has 0 aromatic carbocycles. The molecule has 15 heterocycles. The van der Waals surface area contributed by atoms with Gasteiger partial charge in [-0.2, -0.15) is 48.1 Å². The first-order chi connectivity index (χ1) is 53.2. The number of aliphatic hydroxyl groups is 2. The summed E-state index contributed by atoms with van der Waals surface area (Å²) in [5, 5.41) is 27.2. The number of anilines is 6. The van der Waals surface area contributed by atoms with Gasteiger partial charge in [0.1, 0.15) is 89.6 Å². The minimum absolute atomic E-state index is 0.00803. The molecule has 15 rings (SSSR count). The van der Waals surface area contributed by atoms with E-state index in [1.54, 1.807) is 22.9 Å². The normalized spacial score (nSPS) is 19.9. The lowest BCUT2D eigenvalue weighted by molar-refractivity contribution is -0.167. The van der Waals surface area contributed by atoms with Crippen molar-refractivity contribution in [2.24, 2.45) is 5.92 Å². The third-order valence-electron chi connectivity index (χ3n) is 19.9. The number of nitrogen functional groups attached to an aromatic ring is 4. The molecule has 3 aliphatic heterocycles. The summed E-state index contributed by atoms with van der Waals surface area (Å²) >= 11 is 45.1. The third-order valence-corrected chi connectivity index (χ3v) is 33.9. The Labute approximate surface area is 738 Å². The fraction of sp³-hybridized carbons (Fsp3) is 0.456. The number of halogens is 13. The summed E-state index contributed by atoms with van der Waals surface area (Å²) in [7, 11) is -3.77. The molecule has 0 aliphatic carbocycles. The number of aromatic amines is 3. The van der Waals surface area contributed by atoms with Crippen LogP contribution < -0.4 is 33.2 Å². The Kier molecular flexibility index (Phi) is 29.4. The number of H-pyrrole nitrogens is 3. The summed E-state index contributed by atoms with van der Waals surface area (Å²) in [4.78, 5) is 71.6. The Bertz CT molecular complexity index is 5370. The van der Waals surface area contributed by atoms with Gasteiger partial charge in [-0.1, -0.05) is 145 Å². The number of ether oxygens (including phenoxy) is 3. The van der Waals surface area contributed by atoms with Crippen LogP contribution in [0, 0.1) is 20.2 Å². The van der Waals surface area contributed by atoms with Gasteiger partial charge in [-0.3, -0.25) is 10.1 Å². The maximum atomic E-state index is 12.0. The van der Waals surface area contributed by atoms with Gasteiger partial charge in [-0.25, -0.2) is 24.9 Å². The molecule has 616 valence electrons. The largest absolute Gasteiger partial charge is 0.471 e. The van der Waals surface area contributed by atoms with Crippen molar-refractivity contribution in [3.63, 3.8) is 0 Å². The van der Waals surface area contributed by atoms with Crippen molar-refractivity contribution in [1.29, 1.82) is 0 Å². The Morgan fingerprint density at radius 3 is 1.46 bits per heavy atom. The lowest BCUT2D eigenvalue weighted by Crippen LogP contribution is -2.46. The summed E-state index contributed by atoms with van der Waals surface area (Å²) in [6.07, 6.45) is 8.63. The van der Waals surface area contributed by atoms with Crippen LogP contribution in [0.25, 0.3) is 66.2 Å². The van der Waals surface area contributed by atoms with Crippen LogP contribution in [0.1, 0.15) is 113 Å². The van der Waals surface area contributed by atoms with E-state index in [-0.39, 0.29) is 81.1 Å². The predicted octanol–water partition coefficient (Wildman–Crippen LogP) is 17.8. The minimum atomic E-state index is -5.00. The van der Waals surface area contributed by atoms with Gasteiger partial charge >= 0.3 is 12.1 Å². The van der Waals surface area contributed by atoms with Crippen molar-refractivity contribution in [3.8, 4) is 0 Å². The molecule has 114 heavy (non-hydrogen) atoms. The fourth-order valence-electron chi connectivity index (χ4n) is 11.9. The molecule has 1 amide bonds. The van der Waals surface area contributed by atoms with E-state index in [2.05, 4.69) is 264 Å². The number of carbonyl (C=O) groups is 1. The number of aliphatic hydroxyl groups excluding tert-OH is 2. The van der Waals surface area contributed by atoms with Gasteiger partial charge in [0.05, 0.1) is 63.3 Å². The van der Waals surface area contributed by atoms with E-state index in [4.69, 9.17) is 121 Å². The van der Waals surface area contributed by atoms with Crippen molar-refractivity contribution < 1.29 is 46.8 Å². The molecular weight excluding hydrogens is 2100 g/mol. The monoisotopic (exact) mass is 2180 g/mol. The molecule has 0 bridgehead atoms. The smallest absolute Gasteiger partial charge is 0.411 e. The molecule has 3 saturated heterocycles. The minimum Gasteiger partial charge on any atom is -0.411 e. The number of fused-ring (bicyclic) bond motifs is 6. The summed E-state index contributed by atoms with van der Waals surface area (Å²) < 4.78 is 70.9. The molecule has 3 fully saturated rings. The van der Waals surface area contributed by atoms with Crippen LogP contribution in [0.5, 0.6) is 0 Å². The zero-order valence-corrected chi connectivity index (χ0v) is 78.6. The van der Waals surface area contributed by atoms with Gasteiger partial charge in [-0.05, 0) is 151 Å². The molecule has 0 radical (unpaired) electrons. The number of rotatable bonds is 11. The molecule has 12 aromatic heterocycles. The lowest BCUT2D eigenvalue weighted by atomic mass is 10.0. The van der Waals surface area contributed by atoms with Crippen LogP contribution in [-0.4, -0.2) is 164 Å². The first-order valence-electron chi connectivity index (χ1n) is 35.3. The molecule has 15 N–H and O–H groups in total. The van der Waals surface area contributed by atoms with E-state index in [9.17, 15) is 23.1 Å². The van der Waals surface area contributed by atoms with E-state index < -0.39 is 53.0 Å². The van der Waals surface area contributed by atoms with Crippen LogP contribution in [0.2, 0.25) is 67.2 Å². The molecule has 3 unspecified atom stereocenters. The van der Waals surface area contributed by atoms with Gasteiger partial charge in [-0.15, -0.1) is 0 Å². The first-order valence-corrected chi connectivity index (χ1v) is 47.8. The van der Waals surface area contributed by atoms with E-state index in [1.165, 1.54) is 11.5 Å². The molecule has 9 atom stereocenters. The number of alkyl halides is 3. The molecule has 31 nitrogen and oxygen atoms in total. The Morgan fingerprint density at radius 1 is 0.561 bits per heavy atom. The maximum Gasteiger partial charge on any atom is 0.471 e. The Balaban J connectivity index is 0.000000151. The van der Waals surface area contributed by atoms with Crippen molar-refractivity contribution in [1.82, 2.24) is 88.5 Å². The van der Waals surface area contributed by atoms with Crippen LogP contribution in [0.3, 0.4) is 0 Å². The predicted molar refractivity (Wildman–Crippen MR) is 479 cm³/mol. The van der Waals surface area contributed by atoms with E-state index in [0.29, 0.717) is 72.7 Å². The average molecular weight is 2180 g/mol. The van der Waals surface area contributed by atoms with Gasteiger partial charge < -0.3 is 85.4 Å². The topological polar surface area (TPSA) is 439 Å².